The van der Waals surface area contributed by atoms with Gasteiger partial charge in [-0.1, -0.05) is 30.3 Å². The number of hydrogen-bond donors (Lipinski definition) is 2. The minimum atomic E-state index is -0.916. The van der Waals surface area contributed by atoms with Gasteiger partial charge in [0.15, 0.2) is 6.61 Å². The Morgan fingerprint density at radius 1 is 1.00 bits per heavy atom. The van der Waals surface area contributed by atoms with Crippen LogP contribution in [0.1, 0.15) is 39.1 Å². The number of carbonyl (C=O) groups excluding carboxylic acids is 2. The third-order valence-electron chi connectivity index (χ3n) is 5.15. The Bertz CT molecular complexity index is 904. The summed E-state index contributed by atoms with van der Waals surface area (Å²) in [5, 5.41) is 9.35. The van der Waals surface area contributed by atoms with Crippen molar-refractivity contribution in [2.75, 3.05) is 19.7 Å². The average molecular weight is 396 g/mol. The first-order valence-electron chi connectivity index (χ1n) is 9.56. The van der Waals surface area contributed by atoms with E-state index in [0.29, 0.717) is 42.3 Å². The molecule has 2 aromatic carbocycles. The van der Waals surface area contributed by atoms with E-state index in [9.17, 15) is 19.5 Å². The molecule has 0 radical (unpaired) electrons. The molecule has 2 amide bonds. The number of amides is 2. The standard InChI is InChI=1S/C22H24N2O5/c23-20(25)14-29-19-8-4-3-7-18(19)21(26)24-11-9-15(10-12-24)13-16-5-1-2-6-17(16)22(27)28/h1-8,15H,9-14H2,(H2,23,25)(H,27,28). The van der Waals surface area contributed by atoms with Crippen LogP contribution in [0.2, 0.25) is 0 Å². The highest BCUT2D eigenvalue weighted by molar-refractivity contribution is 5.97. The van der Waals surface area contributed by atoms with Crippen molar-refractivity contribution < 1.29 is 24.2 Å². The predicted octanol–water partition coefficient (Wildman–Crippen LogP) is 2.34. The lowest BCUT2D eigenvalue weighted by atomic mass is 9.88. The summed E-state index contributed by atoms with van der Waals surface area (Å²) >= 11 is 0. The molecule has 2 aromatic rings. The number of nitrogens with zero attached hydrogens (tertiary/aromatic N) is 1. The molecule has 1 saturated heterocycles. The molecule has 7 heteroatoms. The van der Waals surface area contributed by atoms with Crippen LogP contribution >= 0.6 is 0 Å². The van der Waals surface area contributed by atoms with Gasteiger partial charge in [-0.3, -0.25) is 9.59 Å². The largest absolute Gasteiger partial charge is 0.483 e. The number of benzene rings is 2. The number of rotatable bonds is 7. The lowest BCUT2D eigenvalue weighted by Crippen LogP contribution is -2.39. The molecule has 0 saturated carbocycles. The minimum absolute atomic E-state index is 0.144. The molecule has 1 heterocycles. The first-order valence-corrected chi connectivity index (χ1v) is 9.56. The molecule has 29 heavy (non-hydrogen) atoms. The molecule has 7 nitrogen and oxygen atoms in total. The number of likely N-dealkylation sites (tertiary alicyclic amines) is 1. The third-order valence-corrected chi connectivity index (χ3v) is 5.15. The highest BCUT2D eigenvalue weighted by Gasteiger charge is 2.26. The Hall–Kier alpha value is -3.35. The van der Waals surface area contributed by atoms with Crippen LogP contribution in [0.25, 0.3) is 0 Å². The molecule has 1 aliphatic heterocycles. The first-order chi connectivity index (χ1) is 14.0. The van der Waals surface area contributed by atoms with Crippen LogP contribution < -0.4 is 10.5 Å². The van der Waals surface area contributed by atoms with Crippen LogP contribution in [0.5, 0.6) is 5.75 Å². The van der Waals surface area contributed by atoms with Crippen molar-refractivity contribution in [3.05, 3.63) is 65.2 Å². The SMILES string of the molecule is NC(=O)COc1ccccc1C(=O)N1CCC(Cc2ccccc2C(=O)O)CC1. The summed E-state index contributed by atoms with van der Waals surface area (Å²) in [7, 11) is 0. The molecule has 0 unspecified atom stereocenters. The third kappa shape index (κ3) is 5.13. The Morgan fingerprint density at radius 3 is 2.28 bits per heavy atom. The molecule has 1 aliphatic rings. The summed E-state index contributed by atoms with van der Waals surface area (Å²) in [6.45, 7) is 0.890. The van der Waals surface area contributed by atoms with Gasteiger partial charge < -0.3 is 20.5 Å². The Balaban J connectivity index is 1.62. The van der Waals surface area contributed by atoms with E-state index < -0.39 is 11.9 Å². The topological polar surface area (TPSA) is 110 Å². The van der Waals surface area contributed by atoms with Gasteiger partial charge in [-0.2, -0.15) is 0 Å². The zero-order chi connectivity index (χ0) is 20.8. The van der Waals surface area contributed by atoms with Crippen LogP contribution in [0, 0.1) is 5.92 Å². The second kappa shape index (κ2) is 9.23. The number of ether oxygens (including phenoxy) is 1. The van der Waals surface area contributed by atoms with E-state index in [2.05, 4.69) is 0 Å². The van der Waals surface area contributed by atoms with E-state index in [1.807, 2.05) is 12.1 Å². The lowest BCUT2D eigenvalue weighted by molar-refractivity contribution is -0.119. The van der Waals surface area contributed by atoms with E-state index in [1.54, 1.807) is 41.3 Å². The summed E-state index contributed by atoms with van der Waals surface area (Å²) in [6, 6.07) is 13.9. The van der Waals surface area contributed by atoms with E-state index in [1.165, 1.54) is 0 Å². The molecular weight excluding hydrogens is 372 g/mol. The minimum Gasteiger partial charge on any atom is -0.483 e. The Labute approximate surface area is 169 Å². The van der Waals surface area contributed by atoms with Crippen molar-refractivity contribution in [2.24, 2.45) is 11.7 Å². The van der Waals surface area contributed by atoms with E-state index >= 15 is 0 Å². The fraction of sp³-hybridized carbons (Fsp3) is 0.318. The van der Waals surface area contributed by atoms with Gasteiger partial charge in [-0.15, -0.1) is 0 Å². The molecule has 152 valence electrons. The summed E-state index contributed by atoms with van der Waals surface area (Å²) in [6.07, 6.45) is 2.27. The van der Waals surface area contributed by atoms with Crippen molar-refractivity contribution in [1.29, 1.82) is 0 Å². The number of nitrogens with two attached hydrogens (primary N) is 1. The van der Waals surface area contributed by atoms with Gasteiger partial charge in [0.2, 0.25) is 0 Å². The van der Waals surface area contributed by atoms with Crippen LogP contribution in [-0.4, -0.2) is 47.5 Å². The number of para-hydroxylation sites is 1. The van der Waals surface area contributed by atoms with Crippen LogP contribution in [-0.2, 0) is 11.2 Å². The molecule has 1 fully saturated rings. The number of primary amides is 1. The maximum atomic E-state index is 12.9. The fourth-order valence-corrected chi connectivity index (χ4v) is 3.65. The fourth-order valence-electron chi connectivity index (χ4n) is 3.65. The van der Waals surface area contributed by atoms with Crippen LogP contribution in [0.4, 0.5) is 0 Å². The Morgan fingerprint density at radius 2 is 1.62 bits per heavy atom. The van der Waals surface area contributed by atoms with Gasteiger partial charge in [0.25, 0.3) is 11.8 Å². The monoisotopic (exact) mass is 396 g/mol. The van der Waals surface area contributed by atoms with Gasteiger partial charge in [0.05, 0.1) is 11.1 Å². The summed E-state index contributed by atoms with van der Waals surface area (Å²) < 4.78 is 5.37. The summed E-state index contributed by atoms with van der Waals surface area (Å²) in [5.74, 6) is -1.00. The zero-order valence-corrected chi connectivity index (χ0v) is 16.0. The number of carboxylic acids is 1. The van der Waals surface area contributed by atoms with E-state index in [-0.39, 0.29) is 12.5 Å². The van der Waals surface area contributed by atoms with Crippen molar-refractivity contribution in [2.45, 2.75) is 19.3 Å². The number of aromatic carboxylic acids is 1. The number of carbonyl (C=O) groups is 3. The van der Waals surface area contributed by atoms with Crippen LogP contribution in [0.3, 0.4) is 0 Å². The predicted molar refractivity (Wildman–Crippen MR) is 107 cm³/mol. The average Bonchev–Trinajstić information content (AvgIpc) is 2.73. The second-order valence-corrected chi connectivity index (χ2v) is 7.15. The van der Waals surface area contributed by atoms with E-state index in [4.69, 9.17) is 10.5 Å². The molecule has 0 spiro atoms. The molecule has 0 aromatic heterocycles. The molecule has 0 bridgehead atoms. The maximum Gasteiger partial charge on any atom is 0.335 e. The molecule has 0 atom stereocenters. The zero-order valence-electron chi connectivity index (χ0n) is 16.0. The lowest BCUT2D eigenvalue weighted by Gasteiger charge is -2.32. The summed E-state index contributed by atoms with van der Waals surface area (Å²) in [4.78, 5) is 37.1. The van der Waals surface area contributed by atoms with Crippen molar-refractivity contribution >= 4 is 17.8 Å². The van der Waals surface area contributed by atoms with Crippen LogP contribution in [0.15, 0.2) is 48.5 Å². The molecule has 3 N–H and O–H groups in total. The molecule has 3 rings (SSSR count). The molecular formula is C22H24N2O5. The first kappa shape index (κ1) is 20.4. The second-order valence-electron chi connectivity index (χ2n) is 7.15. The van der Waals surface area contributed by atoms with Gasteiger partial charge in [-0.05, 0) is 48.9 Å². The highest BCUT2D eigenvalue weighted by atomic mass is 16.5. The summed E-state index contributed by atoms with van der Waals surface area (Å²) in [5.41, 5.74) is 6.70. The Kier molecular flexibility index (Phi) is 6.49. The normalized spacial score (nSPS) is 14.4. The number of piperidine rings is 1. The number of hydrogen-bond acceptors (Lipinski definition) is 4. The van der Waals surface area contributed by atoms with Gasteiger partial charge in [0.1, 0.15) is 5.75 Å². The highest BCUT2D eigenvalue weighted by Crippen LogP contribution is 2.26. The van der Waals surface area contributed by atoms with Gasteiger partial charge in [0, 0.05) is 13.1 Å². The van der Waals surface area contributed by atoms with Gasteiger partial charge >= 0.3 is 5.97 Å². The van der Waals surface area contributed by atoms with Crippen molar-refractivity contribution in [3.8, 4) is 5.75 Å². The molecule has 0 aliphatic carbocycles. The number of carboxylic acid groups (broad SMARTS) is 1. The van der Waals surface area contributed by atoms with E-state index in [0.717, 1.165) is 18.4 Å². The van der Waals surface area contributed by atoms with Gasteiger partial charge in [-0.25, -0.2) is 4.79 Å². The smallest absolute Gasteiger partial charge is 0.335 e. The maximum absolute atomic E-state index is 12.9. The van der Waals surface area contributed by atoms with Crippen molar-refractivity contribution in [1.82, 2.24) is 4.90 Å². The van der Waals surface area contributed by atoms with Crippen molar-refractivity contribution in [3.63, 3.8) is 0 Å². The quantitative estimate of drug-likeness (QED) is 0.746.